The number of ether oxygens (including phenoxy) is 1. The van der Waals surface area contributed by atoms with Crippen molar-refractivity contribution in [1.29, 1.82) is 0 Å². The minimum absolute atomic E-state index is 0.295. The number of carbonyl (C=O) groups is 1. The molecule has 0 N–H and O–H groups in total. The quantitative estimate of drug-likeness (QED) is 0.479. The van der Waals surface area contributed by atoms with Gasteiger partial charge in [0.25, 0.3) is 0 Å². The summed E-state index contributed by atoms with van der Waals surface area (Å²) in [7, 11) is 3.95. The van der Waals surface area contributed by atoms with Crippen LogP contribution < -0.4 is 0 Å². The summed E-state index contributed by atoms with van der Waals surface area (Å²) in [5.41, 5.74) is 0.452. The van der Waals surface area contributed by atoms with Gasteiger partial charge in [-0.25, -0.2) is 4.79 Å². The van der Waals surface area contributed by atoms with Crippen molar-refractivity contribution in [2.75, 3.05) is 20.7 Å². The summed E-state index contributed by atoms with van der Waals surface area (Å²) in [4.78, 5) is 13.1. The van der Waals surface area contributed by atoms with Crippen molar-refractivity contribution >= 4 is 5.97 Å². The highest BCUT2D eigenvalue weighted by Crippen LogP contribution is 2.01. The second-order valence-corrected chi connectivity index (χ2v) is 3.40. The van der Waals surface area contributed by atoms with Gasteiger partial charge in [-0.1, -0.05) is 13.5 Å². The van der Waals surface area contributed by atoms with Gasteiger partial charge >= 0.3 is 5.97 Å². The van der Waals surface area contributed by atoms with Crippen LogP contribution in [0.3, 0.4) is 0 Å². The zero-order valence-electron chi connectivity index (χ0n) is 8.96. The van der Waals surface area contributed by atoms with Gasteiger partial charge in [0, 0.05) is 11.6 Å². The lowest BCUT2D eigenvalue weighted by Crippen LogP contribution is -2.32. The van der Waals surface area contributed by atoms with Crippen LogP contribution in [0.5, 0.6) is 0 Å². The summed E-state index contributed by atoms with van der Waals surface area (Å²) < 4.78 is 5.04. The van der Waals surface area contributed by atoms with E-state index in [-0.39, 0.29) is 5.97 Å². The molecule has 0 saturated heterocycles. The molecule has 0 amide bonds. The van der Waals surface area contributed by atoms with Gasteiger partial charge in [-0.05, 0) is 27.4 Å². The number of carbonyl (C=O) groups excluding carboxylic acids is 1. The molecule has 0 aromatic heterocycles. The lowest BCUT2D eigenvalue weighted by molar-refractivity contribution is -0.140. The third kappa shape index (κ3) is 4.68. The summed E-state index contributed by atoms with van der Waals surface area (Å²) >= 11 is 0. The molecule has 0 radical (unpaired) electrons. The van der Waals surface area contributed by atoms with Crippen LogP contribution in [0.4, 0.5) is 0 Å². The minimum Gasteiger partial charge on any atom is -0.461 e. The molecule has 1 unspecified atom stereocenters. The molecular weight excluding hydrogens is 166 g/mol. The SMILES string of the molecule is C=C(C)C(=O)OCC(CC)N(C)C. The molecule has 0 aliphatic rings. The third-order valence-electron chi connectivity index (χ3n) is 1.96. The standard InChI is InChI=1S/C10H19NO2/c1-6-9(11(4)5)7-13-10(12)8(2)3/h9H,2,6-7H2,1,3-5H3. The maximum absolute atomic E-state index is 11.0. The van der Waals surface area contributed by atoms with Crippen LogP contribution in [-0.2, 0) is 9.53 Å². The average molecular weight is 185 g/mol. The lowest BCUT2D eigenvalue weighted by atomic mass is 10.2. The van der Waals surface area contributed by atoms with Gasteiger partial charge in [-0.3, -0.25) is 0 Å². The van der Waals surface area contributed by atoms with E-state index in [1.165, 1.54) is 0 Å². The Morgan fingerprint density at radius 1 is 1.54 bits per heavy atom. The molecule has 0 bridgehead atoms. The van der Waals surface area contributed by atoms with Crippen LogP contribution in [-0.4, -0.2) is 37.6 Å². The topological polar surface area (TPSA) is 29.5 Å². The summed E-state index contributed by atoms with van der Waals surface area (Å²) in [6.07, 6.45) is 0.969. The van der Waals surface area contributed by atoms with Gasteiger partial charge in [0.1, 0.15) is 6.61 Å². The third-order valence-corrected chi connectivity index (χ3v) is 1.96. The van der Waals surface area contributed by atoms with E-state index >= 15 is 0 Å². The molecule has 0 aromatic carbocycles. The fourth-order valence-electron chi connectivity index (χ4n) is 0.927. The molecule has 76 valence electrons. The molecule has 0 aromatic rings. The van der Waals surface area contributed by atoms with Crippen molar-refractivity contribution < 1.29 is 9.53 Å². The fourth-order valence-corrected chi connectivity index (χ4v) is 0.927. The Hall–Kier alpha value is -0.830. The Morgan fingerprint density at radius 2 is 2.08 bits per heavy atom. The van der Waals surface area contributed by atoms with Crippen LogP contribution in [0.1, 0.15) is 20.3 Å². The molecule has 0 aliphatic carbocycles. The minimum atomic E-state index is -0.305. The predicted octanol–water partition coefficient (Wildman–Crippen LogP) is 1.45. The van der Waals surface area contributed by atoms with E-state index in [1.54, 1.807) is 6.92 Å². The number of likely N-dealkylation sites (N-methyl/N-ethyl adjacent to an activating group) is 1. The van der Waals surface area contributed by atoms with Crippen molar-refractivity contribution in [2.45, 2.75) is 26.3 Å². The molecule has 0 aliphatic heterocycles. The largest absolute Gasteiger partial charge is 0.461 e. The smallest absolute Gasteiger partial charge is 0.333 e. The zero-order valence-corrected chi connectivity index (χ0v) is 8.96. The average Bonchev–Trinajstić information content (AvgIpc) is 2.04. The van der Waals surface area contributed by atoms with Crippen LogP contribution in [0.2, 0.25) is 0 Å². The van der Waals surface area contributed by atoms with Gasteiger partial charge in [0.15, 0.2) is 0 Å². The summed E-state index contributed by atoms with van der Waals surface area (Å²) in [5, 5.41) is 0. The first kappa shape index (κ1) is 12.2. The van der Waals surface area contributed by atoms with E-state index in [2.05, 4.69) is 13.5 Å². The molecule has 0 heterocycles. The van der Waals surface area contributed by atoms with Crippen LogP contribution in [0.25, 0.3) is 0 Å². The van der Waals surface area contributed by atoms with E-state index < -0.39 is 0 Å². The van der Waals surface area contributed by atoms with Crippen molar-refractivity contribution in [3.05, 3.63) is 12.2 Å². The molecule has 3 nitrogen and oxygen atoms in total. The predicted molar refractivity (Wildman–Crippen MR) is 53.5 cm³/mol. The highest BCUT2D eigenvalue weighted by atomic mass is 16.5. The van der Waals surface area contributed by atoms with Crippen LogP contribution in [0, 0.1) is 0 Å². The zero-order chi connectivity index (χ0) is 10.4. The maximum atomic E-state index is 11.0. The second-order valence-electron chi connectivity index (χ2n) is 3.40. The Balaban J connectivity index is 3.85. The van der Waals surface area contributed by atoms with E-state index in [4.69, 9.17) is 4.74 Å². The van der Waals surface area contributed by atoms with Gasteiger partial charge < -0.3 is 9.64 Å². The molecule has 0 rings (SSSR count). The monoisotopic (exact) mass is 185 g/mol. The first-order valence-corrected chi connectivity index (χ1v) is 4.48. The highest BCUT2D eigenvalue weighted by Gasteiger charge is 2.11. The van der Waals surface area contributed by atoms with E-state index in [0.29, 0.717) is 18.2 Å². The maximum Gasteiger partial charge on any atom is 0.333 e. The lowest BCUT2D eigenvalue weighted by Gasteiger charge is -2.22. The Bertz CT molecular complexity index is 187. The Morgan fingerprint density at radius 3 is 2.38 bits per heavy atom. The Kier molecular flexibility index (Phi) is 5.39. The van der Waals surface area contributed by atoms with Gasteiger partial charge in [0.2, 0.25) is 0 Å². The van der Waals surface area contributed by atoms with Crippen molar-refractivity contribution in [2.24, 2.45) is 0 Å². The van der Waals surface area contributed by atoms with E-state index in [0.717, 1.165) is 6.42 Å². The second kappa shape index (κ2) is 5.75. The van der Waals surface area contributed by atoms with Crippen LogP contribution in [0.15, 0.2) is 12.2 Å². The molecule has 0 saturated carbocycles. The molecule has 0 spiro atoms. The molecular formula is C10H19NO2. The molecule has 1 atom stereocenters. The molecule has 3 heteroatoms. The normalized spacial score (nSPS) is 12.7. The van der Waals surface area contributed by atoms with E-state index in [9.17, 15) is 4.79 Å². The highest BCUT2D eigenvalue weighted by molar-refractivity contribution is 5.86. The van der Waals surface area contributed by atoms with E-state index in [1.807, 2.05) is 19.0 Å². The summed E-state index contributed by atoms with van der Waals surface area (Å²) in [6.45, 7) is 7.68. The first-order chi connectivity index (χ1) is 5.99. The van der Waals surface area contributed by atoms with Crippen molar-refractivity contribution in [3.8, 4) is 0 Å². The summed E-state index contributed by atoms with van der Waals surface area (Å²) in [5.74, 6) is -0.305. The fraction of sp³-hybridized carbons (Fsp3) is 0.700. The number of nitrogens with zero attached hydrogens (tertiary/aromatic N) is 1. The number of hydrogen-bond acceptors (Lipinski definition) is 3. The van der Waals surface area contributed by atoms with Gasteiger partial charge in [-0.15, -0.1) is 0 Å². The van der Waals surface area contributed by atoms with Crippen molar-refractivity contribution in [3.63, 3.8) is 0 Å². The van der Waals surface area contributed by atoms with Gasteiger partial charge in [-0.2, -0.15) is 0 Å². The number of rotatable bonds is 5. The van der Waals surface area contributed by atoms with Gasteiger partial charge in [0.05, 0.1) is 0 Å². The first-order valence-electron chi connectivity index (χ1n) is 4.48. The molecule has 0 fully saturated rings. The number of esters is 1. The van der Waals surface area contributed by atoms with Crippen LogP contribution >= 0.6 is 0 Å². The Labute approximate surface area is 80.4 Å². The summed E-state index contributed by atoms with van der Waals surface area (Å²) in [6, 6.07) is 0.295. The van der Waals surface area contributed by atoms with Crippen molar-refractivity contribution in [1.82, 2.24) is 4.90 Å². The molecule has 13 heavy (non-hydrogen) atoms. The number of hydrogen-bond donors (Lipinski definition) is 0.